The molecule has 1 aliphatic rings. The summed E-state index contributed by atoms with van der Waals surface area (Å²) in [5, 5.41) is 2.92. The highest BCUT2D eigenvalue weighted by atomic mass is 32.1. The van der Waals surface area contributed by atoms with Crippen LogP contribution in [0.15, 0.2) is 29.8 Å². The Morgan fingerprint density at radius 2 is 2.39 bits per heavy atom. The predicted octanol–water partition coefficient (Wildman–Crippen LogP) is 2.68. The van der Waals surface area contributed by atoms with Gasteiger partial charge in [-0.3, -0.25) is 0 Å². The first-order valence-corrected chi connectivity index (χ1v) is 6.65. The minimum absolute atomic E-state index is 0.0199. The quantitative estimate of drug-likeness (QED) is 0.904. The lowest BCUT2D eigenvalue weighted by atomic mass is 9.97. The summed E-state index contributed by atoms with van der Waals surface area (Å²) in [6, 6.07) is 5.74. The van der Waals surface area contributed by atoms with Crippen molar-refractivity contribution in [3.63, 3.8) is 0 Å². The maximum absolute atomic E-state index is 6.19. The molecule has 18 heavy (non-hydrogen) atoms. The van der Waals surface area contributed by atoms with Gasteiger partial charge in [-0.1, -0.05) is 6.07 Å². The smallest absolute Gasteiger partial charge is 0.152 e. The van der Waals surface area contributed by atoms with Crippen molar-refractivity contribution in [2.75, 3.05) is 7.11 Å². The number of rotatable bonds is 2. The number of thiazole rings is 1. The van der Waals surface area contributed by atoms with Gasteiger partial charge in [-0.2, -0.15) is 0 Å². The zero-order valence-corrected chi connectivity index (χ0v) is 10.8. The van der Waals surface area contributed by atoms with Crippen LogP contribution in [0.5, 0.6) is 11.5 Å². The monoisotopic (exact) mass is 262 g/mol. The lowest BCUT2D eigenvalue weighted by Crippen LogP contribution is -2.24. The first-order valence-electron chi connectivity index (χ1n) is 5.77. The van der Waals surface area contributed by atoms with Gasteiger partial charge < -0.3 is 15.2 Å². The third kappa shape index (κ3) is 1.95. The fourth-order valence-electron chi connectivity index (χ4n) is 2.15. The van der Waals surface area contributed by atoms with E-state index in [4.69, 9.17) is 15.2 Å². The molecule has 0 aliphatic carbocycles. The van der Waals surface area contributed by atoms with E-state index in [0.717, 1.165) is 28.5 Å². The second kappa shape index (κ2) is 4.59. The molecule has 1 aromatic heterocycles. The number of hydrogen-bond donors (Lipinski definition) is 1. The number of aromatic nitrogens is 1. The van der Waals surface area contributed by atoms with Crippen LogP contribution in [0.2, 0.25) is 0 Å². The fourth-order valence-corrected chi connectivity index (χ4v) is 2.83. The molecular weight excluding hydrogens is 248 g/mol. The summed E-state index contributed by atoms with van der Waals surface area (Å²) in [6.45, 7) is 0. The van der Waals surface area contributed by atoms with Crippen molar-refractivity contribution < 1.29 is 9.47 Å². The van der Waals surface area contributed by atoms with E-state index in [1.54, 1.807) is 24.6 Å². The third-order valence-electron chi connectivity index (χ3n) is 3.08. The van der Waals surface area contributed by atoms with E-state index in [0.29, 0.717) is 0 Å². The van der Waals surface area contributed by atoms with Crippen LogP contribution in [0.3, 0.4) is 0 Å². The zero-order valence-electron chi connectivity index (χ0n) is 10.00. The van der Waals surface area contributed by atoms with Crippen molar-refractivity contribution in [2.45, 2.75) is 18.6 Å². The van der Waals surface area contributed by atoms with Gasteiger partial charge in [-0.15, -0.1) is 11.3 Å². The zero-order chi connectivity index (χ0) is 12.5. The molecule has 0 saturated carbocycles. The molecule has 2 atom stereocenters. The van der Waals surface area contributed by atoms with Gasteiger partial charge in [0.15, 0.2) is 6.10 Å². The lowest BCUT2D eigenvalue weighted by molar-refractivity contribution is 0.160. The summed E-state index contributed by atoms with van der Waals surface area (Å²) in [7, 11) is 1.64. The van der Waals surface area contributed by atoms with Crippen LogP contribution in [-0.2, 0) is 0 Å². The molecular formula is C13H14N2O2S. The first kappa shape index (κ1) is 11.5. The highest BCUT2D eigenvalue weighted by Gasteiger charge is 2.28. The van der Waals surface area contributed by atoms with Gasteiger partial charge in [-0.05, 0) is 6.07 Å². The molecule has 0 bridgehead atoms. The molecule has 0 fully saturated rings. The molecule has 1 aliphatic heterocycles. The molecule has 5 heteroatoms. The van der Waals surface area contributed by atoms with E-state index in [9.17, 15) is 0 Å². The Morgan fingerprint density at radius 3 is 3.11 bits per heavy atom. The molecule has 2 aromatic rings. The predicted molar refractivity (Wildman–Crippen MR) is 70.0 cm³/mol. The average molecular weight is 262 g/mol. The largest absolute Gasteiger partial charge is 0.497 e. The van der Waals surface area contributed by atoms with Gasteiger partial charge in [0.25, 0.3) is 0 Å². The molecule has 2 unspecified atom stereocenters. The summed E-state index contributed by atoms with van der Waals surface area (Å²) in [5.74, 6) is 1.58. The molecule has 3 rings (SSSR count). The molecule has 1 aromatic carbocycles. The molecule has 0 radical (unpaired) electrons. The highest BCUT2D eigenvalue weighted by Crippen LogP contribution is 2.41. The first-order chi connectivity index (χ1) is 8.78. The number of ether oxygens (including phenoxy) is 2. The minimum atomic E-state index is -0.0559. The van der Waals surface area contributed by atoms with Crippen LogP contribution in [0.25, 0.3) is 0 Å². The Kier molecular flexibility index (Phi) is 2.93. The maximum atomic E-state index is 6.19. The topological polar surface area (TPSA) is 57.4 Å². The van der Waals surface area contributed by atoms with Gasteiger partial charge in [0.2, 0.25) is 0 Å². The molecule has 0 spiro atoms. The van der Waals surface area contributed by atoms with Gasteiger partial charge in [0, 0.05) is 35.7 Å². The van der Waals surface area contributed by atoms with Gasteiger partial charge in [0.1, 0.15) is 16.5 Å². The van der Waals surface area contributed by atoms with E-state index in [-0.39, 0.29) is 12.1 Å². The average Bonchev–Trinajstić information content (AvgIpc) is 2.91. The SMILES string of the molecule is COc1ccc2c(c1)OC(c1nccs1)CC2N. The van der Waals surface area contributed by atoms with Crippen LogP contribution in [0, 0.1) is 0 Å². The van der Waals surface area contributed by atoms with Gasteiger partial charge in [0.05, 0.1) is 7.11 Å². The molecule has 2 N–H and O–H groups in total. The summed E-state index contributed by atoms with van der Waals surface area (Å²) in [4.78, 5) is 4.30. The summed E-state index contributed by atoms with van der Waals surface area (Å²) >= 11 is 1.59. The third-order valence-corrected chi connectivity index (χ3v) is 3.95. The van der Waals surface area contributed by atoms with Crippen molar-refractivity contribution in [3.05, 3.63) is 40.3 Å². The Labute approximate surface area is 109 Å². The fraction of sp³-hybridized carbons (Fsp3) is 0.308. The van der Waals surface area contributed by atoms with E-state index < -0.39 is 0 Å². The second-order valence-electron chi connectivity index (χ2n) is 4.22. The van der Waals surface area contributed by atoms with E-state index in [1.807, 2.05) is 23.6 Å². The van der Waals surface area contributed by atoms with E-state index in [2.05, 4.69) is 4.98 Å². The normalized spacial score (nSPS) is 22.1. The number of hydrogen-bond acceptors (Lipinski definition) is 5. The Balaban J connectivity index is 1.95. The Hall–Kier alpha value is -1.59. The van der Waals surface area contributed by atoms with Crippen LogP contribution in [0.4, 0.5) is 0 Å². The second-order valence-corrected chi connectivity index (χ2v) is 5.15. The minimum Gasteiger partial charge on any atom is -0.497 e. The summed E-state index contributed by atoms with van der Waals surface area (Å²) in [6.07, 6.45) is 2.49. The van der Waals surface area contributed by atoms with Crippen molar-refractivity contribution in [1.82, 2.24) is 4.98 Å². The van der Waals surface area contributed by atoms with Crippen LogP contribution in [0.1, 0.15) is 29.1 Å². The molecule has 4 nitrogen and oxygen atoms in total. The van der Waals surface area contributed by atoms with Crippen LogP contribution >= 0.6 is 11.3 Å². The van der Waals surface area contributed by atoms with Crippen molar-refractivity contribution in [2.24, 2.45) is 5.73 Å². The standard InChI is InChI=1S/C13H14N2O2S/c1-16-8-2-3-9-10(14)7-12(17-11(9)6-8)13-15-4-5-18-13/h2-6,10,12H,7,14H2,1H3. The Morgan fingerprint density at radius 1 is 1.50 bits per heavy atom. The summed E-state index contributed by atoms with van der Waals surface area (Å²) in [5.41, 5.74) is 7.22. The van der Waals surface area contributed by atoms with Crippen molar-refractivity contribution >= 4 is 11.3 Å². The number of methoxy groups -OCH3 is 1. The number of nitrogens with zero attached hydrogens (tertiary/aromatic N) is 1. The van der Waals surface area contributed by atoms with Crippen LogP contribution in [-0.4, -0.2) is 12.1 Å². The summed E-state index contributed by atoms with van der Waals surface area (Å²) < 4.78 is 11.2. The molecule has 0 saturated heterocycles. The van der Waals surface area contributed by atoms with E-state index in [1.165, 1.54) is 0 Å². The molecule has 94 valence electrons. The lowest BCUT2D eigenvalue weighted by Gasteiger charge is -2.29. The Bertz CT molecular complexity index is 542. The van der Waals surface area contributed by atoms with E-state index >= 15 is 0 Å². The number of fused-ring (bicyclic) bond motifs is 1. The number of nitrogens with two attached hydrogens (primary N) is 1. The van der Waals surface area contributed by atoms with Gasteiger partial charge in [-0.25, -0.2) is 4.98 Å². The van der Waals surface area contributed by atoms with Gasteiger partial charge >= 0.3 is 0 Å². The molecule has 0 amide bonds. The van der Waals surface area contributed by atoms with Crippen molar-refractivity contribution in [3.8, 4) is 11.5 Å². The van der Waals surface area contributed by atoms with Crippen molar-refractivity contribution in [1.29, 1.82) is 0 Å². The van der Waals surface area contributed by atoms with Crippen LogP contribution < -0.4 is 15.2 Å². The number of benzene rings is 1. The molecule has 2 heterocycles. The maximum Gasteiger partial charge on any atom is 0.152 e. The highest BCUT2D eigenvalue weighted by molar-refractivity contribution is 7.09.